The van der Waals surface area contributed by atoms with Crippen LogP contribution in [0.2, 0.25) is 0 Å². The van der Waals surface area contributed by atoms with Crippen molar-refractivity contribution in [3.8, 4) is 22.5 Å². The molecule has 0 bridgehead atoms. The second kappa shape index (κ2) is 9.83. The lowest BCUT2D eigenvalue weighted by atomic mass is 9.91. The first-order chi connectivity index (χ1) is 20.1. The second-order valence-electron chi connectivity index (χ2n) is 10.7. The summed E-state index contributed by atoms with van der Waals surface area (Å²) in [5.41, 5.74) is 13.3. The molecule has 5 aromatic carbocycles. The van der Waals surface area contributed by atoms with Gasteiger partial charge < -0.3 is 9.13 Å². The summed E-state index contributed by atoms with van der Waals surface area (Å²) < 4.78 is 4.87. The standard InChI is InChI=1S/C39H32N2/c1-5-15-34-30(6-2)32-24-22-26(3)36(38(32)40(34)28-16-9-7-10-17-28)37-27(4)23-25-33-31-20-13-14-21-35(31)41(39(33)37)29-18-11-8-12-19-29/h5-25H,2H2,1,3-4H3/b15-5-. The molecule has 7 rings (SSSR count). The number of hydrogen-bond donors (Lipinski definition) is 0. The molecule has 198 valence electrons. The first-order valence-electron chi connectivity index (χ1n) is 14.2. The van der Waals surface area contributed by atoms with Crippen LogP contribution in [0.15, 0.2) is 122 Å². The van der Waals surface area contributed by atoms with Crippen molar-refractivity contribution in [2.24, 2.45) is 0 Å². The van der Waals surface area contributed by atoms with Crippen LogP contribution in [0, 0.1) is 13.8 Å². The fourth-order valence-corrected chi connectivity index (χ4v) is 6.54. The minimum Gasteiger partial charge on any atom is -0.309 e. The van der Waals surface area contributed by atoms with Gasteiger partial charge in [0.15, 0.2) is 0 Å². The Morgan fingerprint density at radius 2 is 1.10 bits per heavy atom. The van der Waals surface area contributed by atoms with E-state index in [4.69, 9.17) is 0 Å². The van der Waals surface area contributed by atoms with Gasteiger partial charge >= 0.3 is 0 Å². The highest BCUT2D eigenvalue weighted by Crippen LogP contribution is 2.45. The molecule has 2 nitrogen and oxygen atoms in total. The van der Waals surface area contributed by atoms with E-state index < -0.39 is 0 Å². The highest BCUT2D eigenvalue weighted by molar-refractivity contribution is 6.17. The lowest BCUT2D eigenvalue weighted by Gasteiger charge is -2.19. The van der Waals surface area contributed by atoms with E-state index >= 15 is 0 Å². The quantitative estimate of drug-likeness (QED) is 0.210. The molecule has 0 radical (unpaired) electrons. The highest BCUT2D eigenvalue weighted by Gasteiger charge is 2.24. The number of rotatable bonds is 5. The molecule has 0 unspecified atom stereocenters. The Morgan fingerprint density at radius 3 is 1.71 bits per heavy atom. The minimum atomic E-state index is 1.14. The average molecular weight is 529 g/mol. The van der Waals surface area contributed by atoms with Crippen molar-refractivity contribution in [2.45, 2.75) is 20.8 Å². The third-order valence-corrected chi connectivity index (χ3v) is 8.27. The molecule has 0 spiro atoms. The Bertz CT molecular complexity index is 2120. The predicted octanol–water partition coefficient (Wildman–Crippen LogP) is 10.7. The van der Waals surface area contributed by atoms with Crippen LogP contribution >= 0.6 is 0 Å². The van der Waals surface area contributed by atoms with Gasteiger partial charge in [0.05, 0.1) is 22.2 Å². The zero-order valence-electron chi connectivity index (χ0n) is 23.7. The molecule has 0 fully saturated rings. The molecular weight excluding hydrogens is 496 g/mol. The molecule has 0 saturated heterocycles. The second-order valence-corrected chi connectivity index (χ2v) is 10.7. The van der Waals surface area contributed by atoms with Gasteiger partial charge in [-0.25, -0.2) is 0 Å². The summed E-state index contributed by atoms with van der Waals surface area (Å²) in [7, 11) is 0. The zero-order valence-corrected chi connectivity index (χ0v) is 23.7. The van der Waals surface area contributed by atoms with E-state index in [2.05, 4.69) is 158 Å². The molecule has 0 aliphatic carbocycles. The van der Waals surface area contributed by atoms with Crippen molar-refractivity contribution < 1.29 is 0 Å². The van der Waals surface area contributed by atoms with E-state index in [0.29, 0.717) is 0 Å². The summed E-state index contributed by atoms with van der Waals surface area (Å²) >= 11 is 0. The molecule has 2 heteroatoms. The van der Waals surface area contributed by atoms with Crippen LogP contribution in [0.1, 0.15) is 29.3 Å². The normalized spacial score (nSPS) is 11.8. The van der Waals surface area contributed by atoms with Gasteiger partial charge in [0.2, 0.25) is 0 Å². The van der Waals surface area contributed by atoms with Crippen LogP contribution in [-0.4, -0.2) is 9.13 Å². The number of benzene rings is 5. The van der Waals surface area contributed by atoms with E-state index in [-0.39, 0.29) is 0 Å². The number of allylic oxidation sites excluding steroid dienone is 1. The van der Waals surface area contributed by atoms with E-state index in [1.165, 1.54) is 55.0 Å². The van der Waals surface area contributed by atoms with Crippen LogP contribution in [0.25, 0.3) is 67.4 Å². The maximum absolute atomic E-state index is 4.25. The first kappa shape index (κ1) is 24.9. The van der Waals surface area contributed by atoms with Gasteiger partial charge in [-0.2, -0.15) is 0 Å². The van der Waals surface area contributed by atoms with Gasteiger partial charge in [-0.05, 0) is 68.3 Å². The van der Waals surface area contributed by atoms with Crippen LogP contribution in [-0.2, 0) is 0 Å². The Balaban J connectivity index is 1.74. The Hall–Kier alpha value is -5.08. The molecule has 41 heavy (non-hydrogen) atoms. The fourth-order valence-electron chi connectivity index (χ4n) is 6.54. The van der Waals surface area contributed by atoms with E-state index in [9.17, 15) is 0 Å². The molecule has 2 heterocycles. The SMILES string of the molecule is C=Cc1c(/C=C\C)n(-c2ccccc2)c2c(-c3c(C)ccc4c5ccccc5n(-c5ccccc5)c34)c(C)ccc12. The minimum absolute atomic E-state index is 1.14. The average Bonchev–Trinajstić information content (AvgIpc) is 3.51. The number of para-hydroxylation sites is 3. The third kappa shape index (κ3) is 3.72. The molecule has 0 aliphatic rings. The molecule has 0 atom stereocenters. The lowest BCUT2D eigenvalue weighted by Crippen LogP contribution is -2.01. The van der Waals surface area contributed by atoms with Crippen molar-refractivity contribution >= 4 is 44.9 Å². The molecule has 0 N–H and O–H groups in total. The maximum atomic E-state index is 4.25. The number of hydrogen-bond acceptors (Lipinski definition) is 0. The Morgan fingerprint density at radius 1 is 0.561 bits per heavy atom. The Kier molecular flexibility index (Phi) is 5.98. The molecule has 0 aliphatic heterocycles. The van der Waals surface area contributed by atoms with E-state index in [1.54, 1.807) is 0 Å². The molecule has 7 aromatic rings. The summed E-state index contributed by atoms with van der Waals surface area (Å²) in [4.78, 5) is 0. The van der Waals surface area contributed by atoms with Crippen LogP contribution < -0.4 is 0 Å². The highest BCUT2D eigenvalue weighted by atomic mass is 15.0. The summed E-state index contributed by atoms with van der Waals surface area (Å²) in [6.07, 6.45) is 6.33. The number of fused-ring (bicyclic) bond motifs is 4. The number of aryl methyl sites for hydroxylation is 2. The van der Waals surface area contributed by atoms with Gasteiger partial charge in [0, 0.05) is 44.2 Å². The maximum Gasteiger partial charge on any atom is 0.0623 e. The topological polar surface area (TPSA) is 9.86 Å². The predicted molar refractivity (Wildman–Crippen MR) is 177 cm³/mol. The van der Waals surface area contributed by atoms with Gasteiger partial charge in [-0.3, -0.25) is 0 Å². The first-order valence-corrected chi connectivity index (χ1v) is 14.2. The monoisotopic (exact) mass is 528 g/mol. The summed E-state index contributed by atoms with van der Waals surface area (Å²) in [5, 5.41) is 3.73. The van der Waals surface area contributed by atoms with Gasteiger partial charge in [-0.15, -0.1) is 0 Å². The van der Waals surface area contributed by atoms with Crippen molar-refractivity contribution in [1.29, 1.82) is 0 Å². The zero-order chi connectivity index (χ0) is 28.1. The summed E-state index contributed by atoms with van der Waals surface area (Å²) in [6.45, 7) is 10.8. The van der Waals surface area contributed by atoms with Gasteiger partial charge in [0.1, 0.15) is 0 Å². The molecule has 2 aromatic heterocycles. The van der Waals surface area contributed by atoms with Crippen LogP contribution in [0.4, 0.5) is 0 Å². The van der Waals surface area contributed by atoms with Crippen molar-refractivity contribution in [2.75, 3.05) is 0 Å². The van der Waals surface area contributed by atoms with Crippen LogP contribution in [0.5, 0.6) is 0 Å². The van der Waals surface area contributed by atoms with Crippen molar-refractivity contribution in [3.05, 3.63) is 144 Å². The third-order valence-electron chi connectivity index (χ3n) is 8.27. The molecule has 0 saturated carbocycles. The van der Waals surface area contributed by atoms with E-state index in [0.717, 1.165) is 22.6 Å². The summed E-state index contributed by atoms with van der Waals surface area (Å²) in [5.74, 6) is 0. The number of aromatic nitrogens is 2. The molecule has 0 amide bonds. The van der Waals surface area contributed by atoms with Gasteiger partial charge in [0.25, 0.3) is 0 Å². The van der Waals surface area contributed by atoms with E-state index in [1.807, 2.05) is 6.08 Å². The van der Waals surface area contributed by atoms with Crippen LogP contribution in [0.3, 0.4) is 0 Å². The molecular formula is C39H32N2. The fraction of sp³-hybridized carbons (Fsp3) is 0.0769. The van der Waals surface area contributed by atoms with Crippen molar-refractivity contribution in [1.82, 2.24) is 9.13 Å². The summed E-state index contributed by atoms with van der Waals surface area (Å²) in [6, 6.07) is 39.3. The largest absolute Gasteiger partial charge is 0.309 e. The lowest BCUT2D eigenvalue weighted by molar-refractivity contribution is 1.10. The Labute approximate surface area is 241 Å². The van der Waals surface area contributed by atoms with Crippen molar-refractivity contribution in [3.63, 3.8) is 0 Å². The smallest absolute Gasteiger partial charge is 0.0623 e. The number of nitrogens with zero attached hydrogens (tertiary/aromatic N) is 2. The van der Waals surface area contributed by atoms with Gasteiger partial charge in [-0.1, -0.05) is 97.6 Å².